The Kier molecular flexibility index (Phi) is 5.57. The number of rotatable bonds is 5. The van der Waals surface area contributed by atoms with Gasteiger partial charge < -0.3 is 19.3 Å². The van der Waals surface area contributed by atoms with Gasteiger partial charge in [-0.05, 0) is 42.5 Å². The van der Waals surface area contributed by atoms with Gasteiger partial charge in [0.2, 0.25) is 0 Å². The van der Waals surface area contributed by atoms with Gasteiger partial charge in [-0.25, -0.2) is 0 Å². The summed E-state index contributed by atoms with van der Waals surface area (Å²) in [6.45, 7) is 0. The maximum Gasteiger partial charge on any atom is 0.312 e. The second kappa shape index (κ2) is 8.32. The number of hydrogen-bond acceptors (Lipinski definition) is 6. The Morgan fingerprint density at radius 1 is 1.06 bits per heavy atom. The van der Waals surface area contributed by atoms with Gasteiger partial charge in [0, 0.05) is 33.7 Å². The molecule has 0 saturated heterocycles. The van der Waals surface area contributed by atoms with Gasteiger partial charge in [-0.15, -0.1) is 0 Å². The molecule has 0 aliphatic carbocycles. The number of aromatic hydroxyl groups is 1. The summed E-state index contributed by atoms with van der Waals surface area (Å²) in [7, 11) is 3.06. The maximum absolute atomic E-state index is 13.0. The van der Waals surface area contributed by atoms with E-state index in [1.165, 1.54) is 19.2 Å². The van der Waals surface area contributed by atoms with Crippen LogP contribution in [-0.2, 0) is 4.79 Å². The van der Waals surface area contributed by atoms with E-state index in [0.29, 0.717) is 33.2 Å². The number of ketones is 1. The molecule has 3 aromatic carbocycles. The molecule has 7 heteroatoms. The van der Waals surface area contributed by atoms with Crippen LogP contribution in [0.5, 0.6) is 23.0 Å². The second-order valence-corrected chi connectivity index (χ2v) is 7.48. The number of methoxy groups -OCH3 is 2. The maximum atomic E-state index is 13.0. The highest BCUT2D eigenvalue weighted by molar-refractivity contribution is 6.30. The molecule has 31 heavy (non-hydrogen) atoms. The standard InChI is InChI=1S/C24H19ClO6/c1-29-15-7-8-16(20(11-15)30-2)18-12-21(26)31-19-10-9-17(24(28)22(18)19)23(27)13-3-5-14(25)6-4-13/h3-11,18,28H,12H2,1-2H3/t18-/m1/s1. The Morgan fingerprint density at radius 3 is 2.48 bits per heavy atom. The predicted octanol–water partition coefficient (Wildman–Crippen LogP) is 4.73. The van der Waals surface area contributed by atoms with E-state index in [9.17, 15) is 14.7 Å². The van der Waals surface area contributed by atoms with Gasteiger partial charge in [0.15, 0.2) is 5.78 Å². The number of halogens is 1. The number of hydrogen-bond donors (Lipinski definition) is 1. The first kappa shape index (κ1) is 20.8. The lowest BCUT2D eigenvalue weighted by molar-refractivity contribution is -0.135. The van der Waals surface area contributed by atoms with E-state index in [1.807, 2.05) is 0 Å². The lowest BCUT2D eigenvalue weighted by Crippen LogP contribution is -2.22. The van der Waals surface area contributed by atoms with Gasteiger partial charge in [0.05, 0.1) is 26.2 Å². The SMILES string of the molecule is COc1ccc([C@H]2CC(=O)Oc3ccc(C(=O)c4ccc(Cl)cc4)c(O)c32)c(OC)c1. The number of benzene rings is 3. The molecule has 1 aliphatic heterocycles. The minimum Gasteiger partial charge on any atom is -0.507 e. The van der Waals surface area contributed by atoms with Gasteiger partial charge >= 0.3 is 5.97 Å². The summed E-state index contributed by atoms with van der Waals surface area (Å²) >= 11 is 5.91. The van der Waals surface area contributed by atoms with Crippen LogP contribution >= 0.6 is 11.6 Å². The zero-order chi connectivity index (χ0) is 22.1. The number of ether oxygens (including phenoxy) is 3. The summed E-state index contributed by atoms with van der Waals surface area (Å²) in [5, 5.41) is 11.6. The van der Waals surface area contributed by atoms with E-state index >= 15 is 0 Å². The average molecular weight is 439 g/mol. The van der Waals surface area contributed by atoms with E-state index in [0.717, 1.165) is 0 Å². The predicted molar refractivity (Wildman–Crippen MR) is 115 cm³/mol. The monoisotopic (exact) mass is 438 g/mol. The largest absolute Gasteiger partial charge is 0.507 e. The average Bonchev–Trinajstić information content (AvgIpc) is 2.78. The molecule has 1 heterocycles. The molecule has 0 amide bonds. The van der Waals surface area contributed by atoms with Crippen molar-refractivity contribution in [2.75, 3.05) is 14.2 Å². The number of fused-ring (bicyclic) bond motifs is 1. The van der Waals surface area contributed by atoms with Crippen molar-refractivity contribution in [3.63, 3.8) is 0 Å². The number of phenols is 1. The Labute approximate surface area is 183 Å². The van der Waals surface area contributed by atoms with Crippen LogP contribution in [0.15, 0.2) is 54.6 Å². The summed E-state index contributed by atoms with van der Waals surface area (Å²) in [6.07, 6.45) is -0.0121. The number of esters is 1. The van der Waals surface area contributed by atoms with Crippen molar-refractivity contribution in [3.05, 3.63) is 81.9 Å². The van der Waals surface area contributed by atoms with Crippen molar-refractivity contribution in [2.24, 2.45) is 0 Å². The first-order chi connectivity index (χ1) is 14.9. The molecule has 0 unspecified atom stereocenters. The number of carbonyl (C=O) groups excluding carboxylic acids is 2. The van der Waals surface area contributed by atoms with Crippen molar-refractivity contribution < 1.29 is 28.9 Å². The van der Waals surface area contributed by atoms with Gasteiger partial charge in [-0.3, -0.25) is 9.59 Å². The van der Waals surface area contributed by atoms with Gasteiger partial charge in [0.25, 0.3) is 0 Å². The van der Waals surface area contributed by atoms with Crippen molar-refractivity contribution in [1.29, 1.82) is 0 Å². The van der Waals surface area contributed by atoms with Crippen LogP contribution in [0.25, 0.3) is 0 Å². The normalized spacial score (nSPS) is 15.1. The van der Waals surface area contributed by atoms with Gasteiger partial charge in [-0.1, -0.05) is 17.7 Å². The van der Waals surface area contributed by atoms with Crippen LogP contribution in [-0.4, -0.2) is 31.1 Å². The minimum atomic E-state index is -0.560. The van der Waals surface area contributed by atoms with Crippen LogP contribution in [0.3, 0.4) is 0 Å². The Hall–Kier alpha value is -3.51. The van der Waals surface area contributed by atoms with Gasteiger partial charge in [0.1, 0.15) is 23.0 Å². The van der Waals surface area contributed by atoms with Crippen LogP contribution in [0.1, 0.15) is 39.4 Å². The summed E-state index contributed by atoms with van der Waals surface area (Å²) in [6, 6.07) is 14.6. The molecule has 0 bridgehead atoms. The molecular formula is C24H19ClO6. The van der Waals surface area contributed by atoms with Crippen molar-refractivity contribution >= 4 is 23.4 Å². The molecular weight excluding hydrogens is 420 g/mol. The molecule has 0 radical (unpaired) electrons. The third-order valence-corrected chi connectivity index (χ3v) is 5.54. The summed E-state index contributed by atoms with van der Waals surface area (Å²) in [5.74, 6) is -0.290. The van der Waals surface area contributed by atoms with Crippen molar-refractivity contribution in [1.82, 2.24) is 0 Å². The zero-order valence-corrected chi connectivity index (χ0v) is 17.6. The lowest BCUT2D eigenvalue weighted by Gasteiger charge is -2.27. The van der Waals surface area contributed by atoms with E-state index < -0.39 is 11.9 Å². The van der Waals surface area contributed by atoms with E-state index in [1.54, 1.807) is 49.6 Å². The molecule has 158 valence electrons. The summed E-state index contributed by atoms with van der Waals surface area (Å²) < 4.78 is 16.1. The molecule has 0 saturated carbocycles. The second-order valence-electron chi connectivity index (χ2n) is 7.05. The van der Waals surface area contributed by atoms with Crippen molar-refractivity contribution in [3.8, 4) is 23.0 Å². The molecule has 1 N–H and O–H groups in total. The van der Waals surface area contributed by atoms with Gasteiger partial charge in [-0.2, -0.15) is 0 Å². The third-order valence-electron chi connectivity index (χ3n) is 5.29. The minimum absolute atomic E-state index is 0.0121. The molecule has 1 aliphatic rings. The fourth-order valence-corrected chi connectivity index (χ4v) is 3.89. The highest BCUT2D eigenvalue weighted by Gasteiger charge is 2.35. The zero-order valence-electron chi connectivity index (χ0n) is 16.8. The molecule has 1 atom stereocenters. The third kappa shape index (κ3) is 3.82. The van der Waals surface area contributed by atoms with Crippen molar-refractivity contribution in [2.45, 2.75) is 12.3 Å². The van der Waals surface area contributed by atoms with E-state index in [4.69, 9.17) is 25.8 Å². The van der Waals surface area contributed by atoms with Crippen LogP contribution in [0.2, 0.25) is 5.02 Å². The fourth-order valence-electron chi connectivity index (χ4n) is 3.76. The smallest absolute Gasteiger partial charge is 0.312 e. The Balaban J connectivity index is 1.84. The molecule has 4 rings (SSSR count). The first-order valence-electron chi connectivity index (χ1n) is 9.51. The van der Waals surface area contributed by atoms with Crippen LogP contribution in [0, 0.1) is 0 Å². The van der Waals surface area contributed by atoms with Crippen LogP contribution in [0.4, 0.5) is 0 Å². The number of carbonyl (C=O) groups is 2. The molecule has 6 nitrogen and oxygen atoms in total. The van der Waals surface area contributed by atoms with E-state index in [-0.39, 0.29) is 29.3 Å². The fraction of sp³-hybridized carbons (Fsp3) is 0.167. The molecule has 0 spiro atoms. The Morgan fingerprint density at radius 2 is 1.81 bits per heavy atom. The summed E-state index contributed by atoms with van der Waals surface area (Å²) in [5.41, 5.74) is 1.53. The van der Waals surface area contributed by atoms with E-state index in [2.05, 4.69) is 0 Å². The molecule has 0 aromatic heterocycles. The summed E-state index contributed by atoms with van der Waals surface area (Å²) in [4.78, 5) is 25.3. The first-order valence-corrected chi connectivity index (χ1v) is 9.89. The highest BCUT2D eigenvalue weighted by Crippen LogP contribution is 2.48. The number of phenolic OH excluding ortho intramolecular Hbond substituents is 1. The Bertz CT molecular complexity index is 1170. The highest BCUT2D eigenvalue weighted by atomic mass is 35.5. The molecule has 3 aromatic rings. The lowest BCUT2D eigenvalue weighted by atomic mass is 9.83. The quantitative estimate of drug-likeness (QED) is 0.352. The van der Waals surface area contributed by atoms with Crippen LogP contribution < -0.4 is 14.2 Å². The molecule has 0 fully saturated rings. The topological polar surface area (TPSA) is 82.1 Å².